The fraction of sp³-hybridized carbons (Fsp3) is 0. The molecule has 0 atom stereocenters. The van der Waals surface area contributed by atoms with Crippen LogP contribution in [-0.4, -0.2) is 22.2 Å². The Balaban J connectivity index is 1.80. The van der Waals surface area contributed by atoms with Gasteiger partial charge in [0.15, 0.2) is 0 Å². The zero-order chi connectivity index (χ0) is 18.7. The lowest BCUT2D eigenvalue weighted by atomic mass is 10.1. The van der Waals surface area contributed by atoms with Gasteiger partial charge in [0.2, 0.25) is 0 Å². The summed E-state index contributed by atoms with van der Waals surface area (Å²) in [7, 11) is 0. The normalized spacial score (nSPS) is 11.0. The molecule has 1 heterocycles. The molecule has 0 fully saturated rings. The Bertz CT molecular complexity index is 1010. The zero-order valence-electron chi connectivity index (χ0n) is 13.1. The number of aromatic carboxylic acids is 1. The van der Waals surface area contributed by atoms with Crippen LogP contribution in [0.4, 0.5) is 11.4 Å². The first kappa shape index (κ1) is 17.4. The van der Waals surface area contributed by atoms with Crippen LogP contribution in [0.25, 0.3) is 11.3 Å². The van der Waals surface area contributed by atoms with Gasteiger partial charge in [-0.05, 0) is 48.5 Å². The summed E-state index contributed by atoms with van der Waals surface area (Å²) in [6.07, 6.45) is 1.48. The van der Waals surface area contributed by atoms with E-state index < -0.39 is 10.9 Å². The molecule has 0 unspecified atom stereocenters. The number of nitrogens with zero attached hydrogens (tertiary/aromatic N) is 2. The molecule has 1 aromatic heterocycles. The summed E-state index contributed by atoms with van der Waals surface area (Å²) < 4.78 is 5.62. The second-order valence-electron chi connectivity index (χ2n) is 5.24. The van der Waals surface area contributed by atoms with Crippen LogP contribution in [0.5, 0.6) is 0 Å². The van der Waals surface area contributed by atoms with E-state index in [1.54, 1.807) is 30.3 Å². The standard InChI is InChI=1S/C18H11ClN2O5/c19-15-7-3-12(9-16(15)21(24)25)17-8-6-14(26-17)10-20-13-4-1-11(2-5-13)18(22)23/h1-10H,(H,22,23). The molecule has 130 valence electrons. The number of furan rings is 1. The maximum Gasteiger partial charge on any atom is 0.335 e. The van der Waals surface area contributed by atoms with Gasteiger partial charge < -0.3 is 9.52 Å². The van der Waals surface area contributed by atoms with Gasteiger partial charge in [0.05, 0.1) is 22.4 Å². The van der Waals surface area contributed by atoms with Crippen LogP contribution in [0.15, 0.2) is 64.0 Å². The van der Waals surface area contributed by atoms with Crippen molar-refractivity contribution in [3.63, 3.8) is 0 Å². The number of hydrogen-bond donors (Lipinski definition) is 1. The van der Waals surface area contributed by atoms with Gasteiger partial charge in [0.1, 0.15) is 16.5 Å². The van der Waals surface area contributed by atoms with E-state index in [4.69, 9.17) is 21.1 Å². The molecule has 0 amide bonds. The van der Waals surface area contributed by atoms with E-state index in [9.17, 15) is 14.9 Å². The predicted octanol–water partition coefficient (Wildman–Crippen LogP) is 4.96. The van der Waals surface area contributed by atoms with E-state index in [-0.39, 0.29) is 16.3 Å². The average molecular weight is 371 g/mol. The Morgan fingerprint density at radius 1 is 1.15 bits per heavy atom. The molecule has 2 aromatic carbocycles. The highest BCUT2D eigenvalue weighted by Gasteiger charge is 2.15. The number of nitro benzene ring substituents is 1. The first-order chi connectivity index (χ1) is 12.4. The number of carbonyl (C=O) groups is 1. The number of carboxylic acid groups (broad SMARTS) is 1. The van der Waals surface area contributed by atoms with Crippen LogP contribution in [0.1, 0.15) is 16.1 Å². The minimum Gasteiger partial charge on any atom is -0.478 e. The molecule has 0 aliphatic carbocycles. The third-order valence-electron chi connectivity index (χ3n) is 3.51. The Hall–Kier alpha value is -3.45. The molecule has 0 radical (unpaired) electrons. The molecule has 0 aliphatic rings. The van der Waals surface area contributed by atoms with Crippen molar-refractivity contribution in [2.45, 2.75) is 0 Å². The summed E-state index contributed by atoms with van der Waals surface area (Å²) >= 11 is 5.80. The van der Waals surface area contributed by atoms with Crippen LogP contribution in [-0.2, 0) is 0 Å². The molecule has 0 bridgehead atoms. The van der Waals surface area contributed by atoms with Crippen molar-refractivity contribution < 1.29 is 19.2 Å². The van der Waals surface area contributed by atoms with Gasteiger partial charge in [-0.1, -0.05) is 11.6 Å². The summed E-state index contributed by atoms with van der Waals surface area (Å²) in [6.45, 7) is 0. The van der Waals surface area contributed by atoms with E-state index in [0.717, 1.165) is 0 Å². The van der Waals surface area contributed by atoms with Gasteiger partial charge in [-0.3, -0.25) is 15.1 Å². The Kier molecular flexibility index (Phi) is 4.81. The minimum absolute atomic E-state index is 0.0527. The van der Waals surface area contributed by atoms with Gasteiger partial charge in [0, 0.05) is 11.6 Å². The molecule has 26 heavy (non-hydrogen) atoms. The summed E-state index contributed by atoms with van der Waals surface area (Å²) in [5, 5.41) is 19.9. The van der Waals surface area contributed by atoms with E-state index in [2.05, 4.69) is 4.99 Å². The van der Waals surface area contributed by atoms with Gasteiger partial charge >= 0.3 is 5.97 Å². The highest BCUT2D eigenvalue weighted by Crippen LogP contribution is 2.31. The Labute approximate surface area is 152 Å². The van der Waals surface area contributed by atoms with Crippen molar-refractivity contribution >= 4 is 35.2 Å². The number of carboxylic acids is 1. The SMILES string of the molecule is O=C(O)c1ccc(N=Cc2ccc(-c3ccc(Cl)c([N+](=O)[O-])c3)o2)cc1. The van der Waals surface area contributed by atoms with E-state index in [0.29, 0.717) is 22.8 Å². The molecule has 1 N–H and O–H groups in total. The summed E-state index contributed by atoms with van der Waals surface area (Å²) in [5.41, 5.74) is 1.06. The van der Waals surface area contributed by atoms with Gasteiger partial charge in [-0.15, -0.1) is 0 Å². The van der Waals surface area contributed by atoms with Crippen molar-refractivity contribution in [1.29, 1.82) is 0 Å². The Morgan fingerprint density at radius 3 is 2.54 bits per heavy atom. The van der Waals surface area contributed by atoms with E-state index in [1.165, 1.54) is 30.5 Å². The fourth-order valence-electron chi connectivity index (χ4n) is 2.21. The topological polar surface area (TPSA) is 106 Å². The van der Waals surface area contributed by atoms with Gasteiger partial charge in [-0.25, -0.2) is 4.79 Å². The monoisotopic (exact) mass is 370 g/mol. The maximum absolute atomic E-state index is 11.0. The summed E-state index contributed by atoms with van der Waals surface area (Å²) in [5.74, 6) is -0.124. The van der Waals surface area contributed by atoms with E-state index in [1.807, 2.05) is 0 Å². The largest absolute Gasteiger partial charge is 0.478 e. The lowest BCUT2D eigenvalue weighted by molar-refractivity contribution is -0.384. The number of benzene rings is 2. The molecule has 0 aliphatic heterocycles. The van der Waals surface area contributed by atoms with Crippen LogP contribution in [0.2, 0.25) is 5.02 Å². The van der Waals surface area contributed by atoms with Gasteiger partial charge in [-0.2, -0.15) is 0 Å². The maximum atomic E-state index is 11.0. The molecule has 0 spiro atoms. The second kappa shape index (κ2) is 7.20. The molecule has 0 saturated heterocycles. The predicted molar refractivity (Wildman–Crippen MR) is 96.5 cm³/mol. The Morgan fingerprint density at radius 2 is 1.88 bits per heavy atom. The third-order valence-corrected chi connectivity index (χ3v) is 3.83. The van der Waals surface area contributed by atoms with Crippen LogP contribution in [0, 0.1) is 10.1 Å². The molecule has 8 heteroatoms. The molecule has 3 aromatic rings. The molecule has 0 saturated carbocycles. The van der Waals surface area contributed by atoms with Crippen LogP contribution >= 0.6 is 11.6 Å². The number of hydrogen-bond acceptors (Lipinski definition) is 5. The first-order valence-electron chi connectivity index (χ1n) is 7.35. The lowest BCUT2D eigenvalue weighted by Gasteiger charge is -1.99. The number of aliphatic imine (C=N–C) groups is 1. The smallest absolute Gasteiger partial charge is 0.335 e. The molecular weight excluding hydrogens is 360 g/mol. The number of halogens is 1. The van der Waals surface area contributed by atoms with Crippen molar-refractivity contribution in [2.24, 2.45) is 4.99 Å². The van der Waals surface area contributed by atoms with E-state index >= 15 is 0 Å². The zero-order valence-corrected chi connectivity index (χ0v) is 13.9. The van der Waals surface area contributed by atoms with Crippen LogP contribution in [0.3, 0.4) is 0 Å². The molecule has 3 rings (SSSR count). The summed E-state index contributed by atoms with van der Waals surface area (Å²) in [4.78, 5) is 25.4. The third kappa shape index (κ3) is 3.79. The van der Waals surface area contributed by atoms with Crippen molar-refractivity contribution in [3.8, 4) is 11.3 Å². The van der Waals surface area contributed by atoms with Crippen molar-refractivity contribution in [1.82, 2.24) is 0 Å². The number of rotatable bonds is 5. The minimum atomic E-state index is -1.01. The van der Waals surface area contributed by atoms with Crippen molar-refractivity contribution in [3.05, 3.63) is 81.1 Å². The summed E-state index contributed by atoms with van der Waals surface area (Å²) in [6, 6.07) is 13.8. The quantitative estimate of drug-likeness (QED) is 0.388. The van der Waals surface area contributed by atoms with Crippen LogP contribution < -0.4 is 0 Å². The second-order valence-corrected chi connectivity index (χ2v) is 5.64. The average Bonchev–Trinajstić information content (AvgIpc) is 3.09. The fourth-order valence-corrected chi connectivity index (χ4v) is 2.40. The number of nitro groups is 1. The molecule has 7 nitrogen and oxygen atoms in total. The lowest BCUT2D eigenvalue weighted by Crippen LogP contribution is -1.94. The molecular formula is C18H11ClN2O5. The first-order valence-corrected chi connectivity index (χ1v) is 7.73. The highest BCUT2D eigenvalue weighted by molar-refractivity contribution is 6.32. The highest BCUT2D eigenvalue weighted by atomic mass is 35.5. The van der Waals surface area contributed by atoms with Crippen molar-refractivity contribution in [2.75, 3.05) is 0 Å². The van der Waals surface area contributed by atoms with Gasteiger partial charge in [0.25, 0.3) is 5.69 Å².